The summed E-state index contributed by atoms with van der Waals surface area (Å²) in [5.74, 6) is 3.95. The Hall–Kier alpha value is -2.09. The molecule has 2 atom stereocenters. The summed E-state index contributed by atoms with van der Waals surface area (Å²) >= 11 is 0. The average molecular weight is 528 g/mol. The van der Waals surface area contributed by atoms with Crippen LogP contribution in [-0.2, 0) is 11.3 Å². The Balaban J connectivity index is 1.27. The summed E-state index contributed by atoms with van der Waals surface area (Å²) in [5, 5.41) is 11.5. The summed E-state index contributed by atoms with van der Waals surface area (Å²) in [4.78, 5) is 29.0. The van der Waals surface area contributed by atoms with E-state index in [0.29, 0.717) is 48.8 Å². The first-order chi connectivity index (χ1) is 18.0. The summed E-state index contributed by atoms with van der Waals surface area (Å²) in [6.07, 6.45) is 8.75. The Morgan fingerprint density at radius 1 is 1.08 bits per heavy atom. The highest BCUT2D eigenvalue weighted by Gasteiger charge is 2.49. The molecule has 1 aliphatic heterocycles. The zero-order valence-corrected chi connectivity index (χ0v) is 24.3. The monoisotopic (exact) mass is 527 g/mol. The zero-order chi connectivity index (χ0) is 27.2. The van der Waals surface area contributed by atoms with Gasteiger partial charge in [-0.1, -0.05) is 27.7 Å². The van der Waals surface area contributed by atoms with Gasteiger partial charge in [0.25, 0.3) is 5.91 Å². The normalized spacial score (nSPS) is 32.6. The lowest BCUT2D eigenvalue weighted by atomic mass is 9.54. The topological polar surface area (TPSA) is 88.5 Å². The molecule has 6 rings (SSSR count). The van der Waals surface area contributed by atoms with Gasteiger partial charge in [-0.25, -0.2) is 4.68 Å². The average Bonchev–Trinajstić information content (AvgIpc) is 3.25. The summed E-state index contributed by atoms with van der Waals surface area (Å²) in [6, 6.07) is 0.851. The van der Waals surface area contributed by atoms with Crippen molar-refractivity contribution in [3.8, 4) is 5.88 Å². The molecule has 0 radical (unpaired) electrons. The Morgan fingerprint density at radius 2 is 1.68 bits per heavy atom. The molecule has 212 valence electrons. The van der Waals surface area contributed by atoms with Gasteiger partial charge in [-0.15, -0.1) is 0 Å². The third-order valence-corrected chi connectivity index (χ3v) is 9.49. The van der Waals surface area contributed by atoms with Crippen LogP contribution in [0, 0.1) is 35.0 Å². The van der Waals surface area contributed by atoms with Crippen molar-refractivity contribution in [1.29, 1.82) is 0 Å². The molecule has 1 saturated heterocycles. The quantitative estimate of drug-likeness (QED) is 0.505. The smallest absolute Gasteiger partial charge is 0.258 e. The lowest BCUT2D eigenvalue weighted by Gasteiger charge is -2.54. The van der Waals surface area contributed by atoms with Crippen LogP contribution in [0.3, 0.4) is 0 Å². The molecule has 1 aromatic heterocycles. The van der Waals surface area contributed by atoms with Crippen LogP contribution in [0.4, 0.5) is 0 Å². The second-order valence-corrected chi connectivity index (χ2v) is 14.0. The van der Waals surface area contributed by atoms with Gasteiger partial charge in [-0.05, 0) is 82.0 Å². The predicted molar refractivity (Wildman–Crippen MR) is 148 cm³/mol. The minimum Gasteiger partial charge on any atom is -0.477 e. The van der Waals surface area contributed by atoms with Gasteiger partial charge < -0.3 is 20.3 Å². The van der Waals surface area contributed by atoms with E-state index in [4.69, 9.17) is 4.74 Å². The number of nitrogens with one attached hydrogen (secondary N) is 2. The van der Waals surface area contributed by atoms with Crippen molar-refractivity contribution in [3.05, 3.63) is 11.8 Å². The van der Waals surface area contributed by atoms with Crippen molar-refractivity contribution in [1.82, 2.24) is 25.3 Å². The highest BCUT2D eigenvalue weighted by Crippen LogP contribution is 2.53. The van der Waals surface area contributed by atoms with Crippen molar-refractivity contribution in [2.45, 2.75) is 105 Å². The van der Waals surface area contributed by atoms with Crippen molar-refractivity contribution < 1.29 is 14.3 Å². The van der Waals surface area contributed by atoms with Crippen LogP contribution in [0.15, 0.2) is 6.20 Å². The summed E-state index contributed by atoms with van der Waals surface area (Å²) in [7, 11) is 0. The molecule has 8 heteroatoms. The maximum atomic E-state index is 13.6. The number of aromatic nitrogens is 2. The van der Waals surface area contributed by atoms with E-state index in [0.717, 1.165) is 24.9 Å². The standard InChI is InChI=1S/C30H49N5O3/c1-18(2)17-38-28-25(27(36)33-26-23-10-21-9-22(12-23)13-24(26)11-21)14-31-35(28)8-7-30(5,6)29(37)34-15-19(3)32-20(4)16-34/h14,18-24,26,32H,7-13,15-17H2,1-6H3,(H,33,36)/t19-,20+,21?,22?,23?,24?,26?. The van der Waals surface area contributed by atoms with E-state index in [2.05, 4.69) is 43.4 Å². The highest BCUT2D eigenvalue weighted by atomic mass is 16.5. The van der Waals surface area contributed by atoms with Gasteiger partial charge in [-0.3, -0.25) is 9.59 Å². The lowest BCUT2D eigenvalue weighted by Crippen LogP contribution is -2.58. The molecule has 0 spiro atoms. The van der Waals surface area contributed by atoms with Gasteiger partial charge in [0.05, 0.1) is 12.8 Å². The van der Waals surface area contributed by atoms with Crippen molar-refractivity contribution in [3.63, 3.8) is 0 Å². The van der Waals surface area contributed by atoms with E-state index in [1.807, 2.05) is 18.7 Å². The minimum absolute atomic E-state index is 0.0633. The lowest BCUT2D eigenvalue weighted by molar-refractivity contribution is -0.142. The number of carbonyl (C=O) groups excluding carboxylic acids is 2. The largest absolute Gasteiger partial charge is 0.477 e. The highest BCUT2D eigenvalue weighted by molar-refractivity contribution is 5.96. The number of amides is 2. The Bertz CT molecular complexity index is 980. The molecule has 2 heterocycles. The molecular weight excluding hydrogens is 478 g/mol. The number of aryl methyl sites for hydroxylation is 1. The first-order valence-electron chi connectivity index (χ1n) is 15.0. The summed E-state index contributed by atoms with van der Waals surface area (Å²) in [5.41, 5.74) is -0.0192. The van der Waals surface area contributed by atoms with Crippen molar-refractivity contribution in [2.24, 2.45) is 35.0 Å². The van der Waals surface area contributed by atoms with Crippen molar-refractivity contribution in [2.75, 3.05) is 19.7 Å². The molecule has 4 saturated carbocycles. The van der Waals surface area contributed by atoms with Crippen LogP contribution in [0.1, 0.15) is 90.4 Å². The van der Waals surface area contributed by atoms with E-state index >= 15 is 0 Å². The van der Waals surface area contributed by atoms with Gasteiger partial charge in [0, 0.05) is 43.2 Å². The fourth-order valence-electron chi connectivity index (χ4n) is 7.89. The molecule has 2 N–H and O–H groups in total. The fraction of sp³-hybridized carbons (Fsp3) is 0.833. The number of carbonyl (C=O) groups is 2. The van der Waals surface area contributed by atoms with Gasteiger partial charge in [0.15, 0.2) is 0 Å². The van der Waals surface area contributed by atoms with Crippen LogP contribution in [0.5, 0.6) is 5.88 Å². The molecule has 4 bridgehead atoms. The van der Waals surface area contributed by atoms with Gasteiger partial charge in [-0.2, -0.15) is 5.10 Å². The minimum atomic E-state index is -0.541. The maximum absolute atomic E-state index is 13.6. The van der Waals surface area contributed by atoms with Gasteiger partial charge in [0.1, 0.15) is 5.56 Å². The van der Waals surface area contributed by atoms with E-state index in [-0.39, 0.29) is 29.9 Å². The van der Waals surface area contributed by atoms with E-state index < -0.39 is 5.41 Å². The van der Waals surface area contributed by atoms with Gasteiger partial charge in [0.2, 0.25) is 11.8 Å². The predicted octanol–water partition coefficient (Wildman–Crippen LogP) is 4.10. The summed E-state index contributed by atoms with van der Waals surface area (Å²) in [6.45, 7) is 15.0. The first kappa shape index (κ1) is 27.5. The van der Waals surface area contributed by atoms with Crippen molar-refractivity contribution >= 4 is 11.8 Å². The zero-order valence-electron chi connectivity index (χ0n) is 24.3. The van der Waals surface area contributed by atoms with Gasteiger partial charge >= 0.3 is 0 Å². The Labute approximate surface area is 228 Å². The van der Waals surface area contributed by atoms with Crippen LogP contribution in [0.2, 0.25) is 0 Å². The molecule has 38 heavy (non-hydrogen) atoms. The number of hydrogen-bond acceptors (Lipinski definition) is 5. The van der Waals surface area contributed by atoms with Crippen LogP contribution in [0.25, 0.3) is 0 Å². The maximum Gasteiger partial charge on any atom is 0.258 e. The fourth-order valence-corrected chi connectivity index (χ4v) is 7.89. The third-order valence-electron chi connectivity index (χ3n) is 9.49. The van der Waals surface area contributed by atoms with Crippen LogP contribution >= 0.6 is 0 Å². The molecule has 1 aromatic rings. The summed E-state index contributed by atoms with van der Waals surface area (Å²) < 4.78 is 8.00. The second kappa shape index (κ2) is 10.8. The molecule has 2 amide bonds. The number of hydrogen-bond donors (Lipinski definition) is 2. The molecule has 0 aromatic carbocycles. The molecular formula is C30H49N5O3. The van der Waals surface area contributed by atoms with Crippen LogP contribution in [-0.4, -0.2) is 64.3 Å². The second-order valence-electron chi connectivity index (χ2n) is 14.0. The molecule has 5 fully saturated rings. The SMILES string of the molecule is CC(C)COc1c(C(=O)NC2C3CC4CC(C3)CC2C4)cnn1CCC(C)(C)C(=O)N1C[C@@H](C)N[C@@H](C)C1. The molecule has 8 nitrogen and oxygen atoms in total. The number of ether oxygens (including phenoxy) is 1. The van der Waals surface area contributed by atoms with E-state index in [9.17, 15) is 9.59 Å². The molecule has 0 unspecified atom stereocenters. The van der Waals surface area contributed by atoms with E-state index in [1.54, 1.807) is 10.9 Å². The Kier molecular flexibility index (Phi) is 7.82. The molecule has 4 aliphatic carbocycles. The Morgan fingerprint density at radius 3 is 2.26 bits per heavy atom. The molecule has 5 aliphatic rings. The number of piperazine rings is 1. The van der Waals surface area contributed by atoms with Crippen LogP contribution < -0.4 is 15.4 Å². The third kappa shape index (κ3) is 5.75. The van der Waals surface area contributed by atoms with E-state index in [1.165, 1.54) is 32.1 Å². The first-order valence-corrected chi connectivity index (χ1v) is 15.0. The number of nitrogens with zero attached hydrogens (tertiary/aromatic N) is 3. The number of rotatable bonds is 9.